The minimum Gasteiger partial charge on any atom is -0.507 e. The van der Waals surface area contributed by atoms with Crippen molar-refractivity contribution in [2.45, 2.75) is 23.8 Å². The molecule has 3 aromatic rings. The zero-order chi connectivity index (χ0) is 19.0. The smallest absolute Gasteiger partial charge is 0.243 e. The van der Waals surface area contributed by atoms with Crippen molar-refractivity contribution >= 4 is 20.8 Å². The van der Waals surface area contributed by atoms with Crippen molar-refractivity contribution in [2.24, 2.45) is 0 Å². The van der Waals surface area contributed by atoms with Crippen molar-refractivity contribution in [1.29, 1.82) is 0 Å². The van der Waals surface area contributed by atoms with Gasteiger partial charge in [0.25, 0.3) is 0 Å². The van der Waals surface area contributed by atoms with Crippen molar-refractivity contribution in [3.63, 3.8) is 0 Å². The number of benzene rings is 3. The minimum atomic E-state index is -3.64. The maximum atomic E-state index is 13.3. The Labute approximate surface area is 159 Å². The summed E-state index contributed by atoms with van der Waals surface area (Å²) in [7, 11) is -3.64. The van der Waals surface area contributed by atoms with Crippen LogP contribution in [0.4, 0.5) is 0 Å². The van der Waals surface area contributed by atoms with Crippen LogP contribution < -0.4 is 0 Å². The Balaban J connectivity index is 1.89. The van der Waals surface area contributed by atoms with E-state index in [2.05, 4.69) is 6.58 Å². The van der Waals surface area contributed by atoms with Gasteiger partial charge in [0.15, 0.2) is 0 Å². The number of hydrogen-bond donors (Lipinski definition) is 1. The normalized spacial score (nSPS) is 17.6. The lowest BCUT2D eigenvalue weighted by Crippen LogP contribution is -2.40. The number of rotatable bonds is 4. The first-order valence-corrected chi connectivity index (χ1v) is 10.4. The van der Waals surface area contributed by atoms with Crippen LogP contribution in [0.15, 0.2) is 78.2 Å². The lowest BCUT2D eigenvalue weighted by atomic mass is 9.88. The van der Waals surface area contributed by atoms with Crippen LogP contribution in [0.3, 0.4) is 0 Å². The van der Waals surface area contributed by atoms with E-state index in [1.54, 1.807) is 46.8 Å². The Morgan fingerprint density at radius 2 is 1.74 bits per heavy atom. The molecule has 1 N–H and O–H groups in total. The van der Waals surface area contributed by atoms with Gasteiger partial charge in [-0.15, -0.1) is 6.58 Å². The van der Waals surface area contributed by atoms with E-state index in [4.69, 9.17) is 0 Å². The van der Waals surface area contributed by atoms with Gasteiger partial charge in [-0.05, 0) is 47.6 Å². The third-order valence-electron chi connectivity index (χ3n) is 5.20. The molecule has 0 radical (unpaired) electrons. The first kappa shape index (κ1) is 17.8. The summed E-state index contributed by atoms with van der Waals surface area (Å²) >= 11 is 0. The standard InChI is InChI=1S/C22H21NO3S/c1-2-8-21-20-15-22(24)19-12-7-6-11-17(19)18(20)13-14-23(21)27(25,26)16-9-4-3-5-10-16/h2-7,9-12,15,21,24H,1,8,13-14H2. The number of phenolic OH excluding ortho intramolecular Hbond substituents is 1. The second-order valence-electron chi connectivity index (χ2n) is 6.73. The molecule has 1 aliphatic rings. The monoisotopic (exact) mass is 379 g/mol. The van der Waals surface area contributed by atoms with Gasteiger partial charge in [0.05, 0.1) is 10.9 Å². The lowest BCUT2D eigenvalue weighted by Gasteiger charge is -2.36. The highest BCUT2D eigenvalue weighted by Crippen LogP contribution is 2.42. The summed E-state index contributed by atoms with van der Waals surface area (Å²) in [6.45, 7) is 4.22. The number of fused-ring (bicyclic) bond motifs is 3. The van der Waals surface area contributed by atoms with Crippen molar-refractivity contribution in [1.82, 2.24) is 4.31 Å². The minimum absolute atomic E-state index is 0.178. The van der Waals surface area contributed by atoms with Gasteiger partial charge in [-0.1, -0.05) is 48.5 Å². The third kappa shape index (κ3) is 2.93. The molecular formula is C22H21NO3S. The first-order valence-electron chi connectivity index (χ1n) is 8.95. The highest BCUT2D eigenvalue weighted by Gasteiger charge is 2.36. The van der Waals surface area contributed by atoms with Gasteiger partial charge in [0, 0.05) is 11.9 Å². The molecule has 27 heavy (non-hydrogen) atoms. The van der Waals surface area contributed by atoms with Gasteiger partial charge in [-0.25, -0.2) is 8.42 Å². The topological polar surface area (TPSA) is 57.6 Å². The van der Waals surface area contributed by atoms with Crippen LogP contribution in [-0.4, -0.2) is 24.4 Å². The highest BCUT2D eigenvalue weighted by atomic mass is 32.2. The van der Waals surface area contributed by atoms with E-state index in [9.17, 15) is 13.5 Å². The Bertz CT molecular complexity index is 1110. The zero-order valence-corrected chi connectivity index (χ0v) is 15.7. The summed E-state index contributed by atoms with van der Waals surface area (Å²) in [6.07, 6.45) is 2.83. The molecule has 0 aliphatic carbocycles. The van der Waals surface area contributed by atoms with Crippen LogP contribution in [0.25, 0.3) is 10.8 Å². The summed E-state index contributed by atoms with van der Waals surface area (Å²) in [6, 6.07) is 17.5. The maximum absolute atomic E-state index is 13.3. The van der Waals surface area contributed by atoms with Crippen LogP contribution in [0.2, 0.25) is 0 Å². The molecule has 1 heterocycles. The van der Waals surface area contributed by atoms with Crippen molar-refractivity contribution in [3.8, 4) is 5.75 Å². The summed E-state index contributed by atoms with van der Waals surface area (Å²) in [5.41, 5.74) is 1.96. The number of aromatic hydroxyl groups is 1. The fourth-order valence-corrected chi connectivity index (χ4v) is 5.60. The molecule has 5 heteroatoms. The predicted molar refractivity (Wildman–Crippen MR) is 107 cm³/mol. The molecule has 0 saturated carbocycles. The molecule has 1 unspecified atom stereocenters. The molecule has 4 nitrogen and oxygen atoms in total. The van der Waals surface area contributed by atoms with Crippen LogP contribution in [0.1, 0.15) is 23.6 Å². The molecule has 0 fully saturated rings. The van der Waals surface area contributed by atoms with Crippen molar-refractivity contribution < 1.29 is 13.5 Å². The molecule has 0 aromatic heterocycles. The maximum Gasteiger partial charge on any atom is 0.243 e. The molecule has 138 valence electrons. The van der Waals surface area contributed by atoms with E-state index in [1.807, 2.05) is 24.3 Å². The number of hydrogen-bond acceptors (Lipinski definition) is 3. The van der Waals surface area contributed by atoms with Gasteiger partial charge >= 0.3 is 0 Å². The van der Waals surface area contributed by atoms with Gasteiger partial charge in [0.2, 0.25) is 10.0 Å². The average molecular weight is 379 g/mol. The molecular weight excluding hydrogens is 358 g/mol. The summed E-state index contributed by atoms with van der Waals surface area (Å²) in [5.74, 6) is 0.178. The van der Waals surface area contributed by atoms with Crippen LogP contribution in [0.5, 0.6) is 5.75 Å². The Morgan fingerprint density at radius 3 is 2.44 bits per heavy atom. The molecule has 1 atom stereocenters. The molecule has 1 aliphatic heterocycles. The van der Waals surface area contributed by atoms with Gasteiger partial charge < -0.3 is 5.11 Å². The molecule has 4 rings (SSSR count). The number of phenols is 1. The summed E-state index contributed by atoms with van der Waals surface area (Å²) in [4.78, 5) is 0.285. The summed E-state index contributed by atoms with van der Waals surface area (Å²) in [5, 5.41) is 12.3. The molecule has 3 aromatic carbocycles. The SMILES string of the molecule is C=CCC1c2cc(O)c3ccccc3c2CCN1S(=O)(=O)c1ccccc1. The van der Waals surface area contributed by atoms with E-state index in [-0.39, 0.29) is 16.7 Å². The van der Waals surface area contributed by atoms with Gasteiger partial charge in [-0.3, -0.25) is 0 Å². The van der Waals surface area contributed by atoms with Crippen molar-refractivity contribution in [2.75, 3.05) is 6.54 Å². The zero-order valence-electron chi connectivity index (χ0n) is 14.9. The van der Waals surface area contributed by atoms with Crippen LogP contribution >= 0.6 is 0 Å². The quantitative estimate of drug-likeness (QED) is 0.683. The Hall–Kier alpha value is -2.63. The Morgan fingerprint density at radius 1 is 1.07 bits per heavy atom. The van der Waals surface area contributed by atoms with E-state index in [1.165, 1.54) is 0 Å². The molecule has 0 spiro atoms. The summed E-state index contributed by atoms with van der Waals surface area (Å²) < 4.78 is 28.1. The van der Waals surface area contributed by atoms with E-state index in [0.29, 0.717) is 19.4 Å². The second-order valence-corrected chi connectivity index (χ2v) is 8.62. The molecule has 0 saturated heterocycles. The number of sulfonamides is 1. The second kappa shape index (κ2) is 6.83. The number of nitrogens with zero attached hydrogens (tertiary/aromatic N) is 1. The van der Waals surface area contributed by atoms with Gasteiger partial charge in [0.1, 0.15) is 5.75 Å². The van der Waals surface area contributed by atoms with Crippen LogP contribution in [0, 0.1) is 0 Å². The largest absolute Gasteiger partial charge is 0.507 e. The predicted octanol–water partition coefficient (Wildman–Crippen LogP) is 4.41. The van der Waals surface area contributed by atoms with Gasteiger partial charge in [-0.2, -0.15) is 4.31 Å². The molecule has 0 bridgehead atoms. The third-order valence-corrected chi connectivity index (χ3v) is 7.12. The average Bonchev–Trinajstić information content (AvgIpc) is 2.69. The molecule has 0 amide bonds. The fraction of sp³-hybridized carbons (Fsp3) is 0.182. The lowest BCUT2D eigenvalue weighted by molar-refractivity contribution is 0.309. The van der Waals surface area contributed by atoms with E-state index < -0.39 is 10.0 Å². The first-order chi connectivity index (χ1) is 13.0. The van der Waals surface area contributed by atoms with E-state index >= 15 is 0 Å². The van der Waals surface area contributed by atoms with Crippen molar-refractivity contribution in [3.05, 3.63) is 84.4 Å². The Kier molecular flexibility index (Phi) is 4.50. The van der Waals surface area contributed by atoms with E-state index in [0.717, 1.165) is 21.9 Å². The highest BCUT2D eigenvalue weighted by molar-refractivity contribution is 7.89. The fourth-order valence-electron chi connectivity index (χ4n) is 3.96. The van der Waals surface area contributed by atoms with Crippen LogP contribution in [-0.2, 0) is 16.4 Å².